The number of rotatable bonds is 0. The molecule has 0 aromatic heterocycles. The highest BCUT2D eigenvalue weighted by Gasteiger charge is 2.64. The van der Waals surface area contributed by atoms with E-state index in [0.29, 0.717) is 0 Å². The van der Waals surface area contributed by atoms with E-state index >= 15 is 0 Å². The molecule has 0 unspecified atom stereocenters. The Morgan fingerprint density at radius 2 is 1.10 bits per heavy atom. The highest BCUT2D eigenvalue weighted by molar-refractivity contribution is 5.15. The quantitative estimate of drug-likeness (QED) is 0.687. The van der Waals surface area contributed by atoms with Gasteiger partial charge in [-0.05, 0) is 56.3 Å². The number of aliphatic hydroxyl groups excluding tert-OH is 1. The summed E-state index contributed by atoms with van der Waals surface area (Å²) >= 11 is 0. The van der Waals surface area contributed by atoms with Gasteiger partial charge in [0.25, 0.3) is 0 Å². The zero-order valence-electron chi connectivity index (χ0n) is 13.9. The van der Waals surface area contributed by atoms with Crippen molar-refractivity contribution >= 4 is 0 Å². The molecule has 3 fully saturated rings. The van der Waals surface area contributed by atoms with Crippen LogP contribution in [-0.2, 0) is 0 Å². The van der Waals surface area contributed by atoms with E-state index in [1.807, 2.05) is 6.92 Å². The zero-order chi connectivity index (χ0) is 15.0. The topological polar surface area (TPSA) is 40.5 Å². The fourth-order valence-electron chi connectivity index (χ4n) is 6.35. The minimum atomic E-state index is -0.500. The summed E-state index contributed by atoms with van der Waals surface area (Å²) in [5.41, 5.74) is -0.0372. The van der Waals surface area contributed by atoms with Crippen LogP contribution in [0.3, 0.4) is 0 Å². The van der Waals surface area contributed by atoms with Gasteiger partial charge < -0.3 is 10.2 Å². The first-order chi connectivity index (χ1) is 9.97. The Labute approximate surface area is 130 Å². The predicted octanol–water partition coefficient (Wildman–Crippen LogP) is 4.57. The highest BCUT2D eigenvalue weighted by Crippen LogP contribution is 2.69. The number of aliphatic hydroxyl groups is 2. The molecule has 3 aliphatic rings. The predicted molar refractivity (Wildman–Crippen MR) is 86.1 cm³/mol. The monoisotopic (exact) mass is 294 g/mol. The summed E-state index contributed by atoms with van der Waals surface area (Å²) in [4.78, 5) is 0. The molecule has 3 aliphatic carbocycles. The van der Waals surface area contributed by atoms with Crippen molar-refractivity contribution in [3.8, 4) is 0 Å². The standard InChI is InChI=1S/C19H34O2/c1-17(21)14-18-10-8-6-4-2-3-5-7-9-11-19(18,15-17)13-16(20)12-18/h16,20-21H,2-15H2,1H3/t16?,17?,18-,19-/m1/s1. The van der Waals surface area contributed by atoms with E-state index in [9.17, 15) is 10.2 Å². The average Bonchev–Trinajstić information content (AvgIpc) is 2.71. The molecule has 0 heterocycles. The van der Waals surface area contributed by atoms with E-state index in [1.54, 1.807) is 0 Å². The third kappa shape index (κ3) is 3.03. The van der Waals surface area contributed by atoms with Gasteiger partial charge in [-0.25, -0.2) is 0 Å². The molecule has 21 heavy (non-hydrogen) atoms. The Bertz CT molecular complexity index is 333. The maximum atomic E-state index is 10.8. The fourth-order valence-corrected chi connectivity index (χ4v) is 6.35. The Morgan fingerprint density at radius 3 is 1.52 bits per heavy atom. The van der Waals surface area contributed by atoms with Crippen molar-refractivity contribution in [3.63, 3.8) is 0 Å². The zero-order valence-corrected chi connectivity index (χ0v) is 13.9. The van der Waals surface area contributed by atoms with Crippen LogP contribution in [0.2, 0.25) is 0 Å². The summed E-state index contributed by atoms with van der Waals surface area (Å²) in [5, 5.41) is 21.1. The normalized spacial score (nSPS) is 41.9. The molecule has 0 amide bonds. The lowest BCUT2D eigenvalue weighted by atomic mass is 9.63. The first kappa shape index (κ1) is 15.8. The van der Waals surface area contributed by atoms with Crippen LogP contribution >= 0.6 is 0 Å². The van der Waals surface area contributed by atoms with Gasteiger partial charge in [-0.15, -0.1) is 0 Å². The summed E-state index contributed by atoms with van der Waals surface area (Å²) in [6.07, 6.45) is 16.9. The van der Waals surface area contributed by atoms with Gasteiger partial charge in [-0.3, -0.25) is 0 Å². The molecule has 0 spiro atoms. The largest absolute Gasteiger partial charge is 0.393 e. The summed E-state index contributed by atoms with van der Waals surface area (Å²) in [5.74, 6) is 0. The van der Waals surface area contributed by atoms with E-state index in [0.717, 1.165) is 25.7 Å². The van der Waals surface area contributed by atoms with Gasteiger partial charge in [0, 0.05) is 0 Å². The van der Waals surface area contributed by atoms with Crippen LogP contribution in [0.15, 0.2) is 0 Å². The second-order valence-corrected chi connectivity index (χ2v) is 8.80. The Kier molecular flexibility index (Phi) is 4.40. The van der Waals surface area contributed by atoms with Crippen molar-refractivity contribution in [2.75, 3.05) is 0 Å². The summed E-state index contributed by atoms with van der Waals surface area (Å²) in [6, 6.07) is 0. The van der Waals surface area contributed by atoms with Crippen LogP contribution in [0.5, 0.6) is 0 Å². The lowest BCUT2D eigenvalue weighted by Crippen LogP contribution is -2.32. The molecule has 3 saturated carbocycles. The summed E-state index contributed by atoms with van der Waals surface area (Å²) < 4.78 is 0. The molecular formula is C19H34O2. The van der Waals surface area contributed by atoms with Crippen LogP contribution in [0, 0.1) is 10.8 Å². The van der Waals surface area contributed by atoms with Gasteiger partial charge in [0.1, 0.15) is 0 Å². The molecule has 0 bridgehead atoms. The first-order valence-corrected chi connectivity index (χ1v) is 9.38. The van der Waals surface area contributed by atoms with Crippen molar-refractivity contribution < 1.29 is 10.2 Å². The molecule has 0 aromatic carbocycles. The molecule has 3 rings (SSSR count). The minimum absolute atomic E-state index is 0.119. The third-order valence-corrected chi connectivity index (χ3v) is 6.88. The lowest BCUT2D eigenvalue weighted by Gasteiger charge is -2.41. The molecule has 0 aliphatic heterocycles. The van der Waals surface area contributed by atoms with E-state index in [1.165, 1.54) is 64.2 Å². The average molecular weight is 294 g/mol. The van der Waals surface area contributed by atoms with Crippen molar-refractivity contribution in [2.24, 2.45) is 10.8 Å². The maximum Gasteiger partial charge on any atom is 0.0630 e. The van der Waals surface area contributed by atoms with Crippen molar-refractivity contribution in [3.05, 3.63) is 0 Å². The van der Waals surface area contributed by atoms with Crippen LogP contribution in [0.4, 0.5) is 0 Å². The van der Waals surface area contributed by atoms with E-state index < -0.39 is 5.60 Å². The second-order valence-electron chi connectivity index (χ2n) is 8.80. The summed E-state index contributed by atoms with van der Waals surface area (Å²) in [6.45, 7) is 2.04. The third-order valence-electron chi connectivity index (χ3n) is 6.88. The molecule has 2 heteroatoms. The highest BCUT2D eigenvalue weighted by atomic mass is 16.3. The maximum absolute atomic E-state index is 10.8. The van der Waals surface area contributed by atoms with Crippen LogP contribution in [0.1, 0.15) is 96.8 Å². The van der Waals surface area contributed by atoms with Crippen molar-refractivity contribution in [2.45, 2.75) is 109 Å². The van der Waals surface area contributed by atoms with E-state index in [-0.39, 0.29) is 16.9 Å². The molecule has 0 saturated heterocycles. The van der Waals surface area contributed by atoms with Crippen molar-refractivity contribution in [1.82, 2.24) is 0 Å². The fraction of sp³-hybridized carbons (Fsp3) is 1.00. The van der Waals surface area contributed by atoms with Gasteiger partial charge in [-0.1, -0.05) is 51.4 Å². The first-order valence-electron chi connectivity index (χ1n) is 9.38. The van der Waals surface area contributed by atoms with Crippen LogP contribution < -0.4 is 0 Å². The molecular weight excluding hydrogens is 260 g/mol. The molecule has 2 N–H and O–H groups in total. The number of hydrogen-bond acceptors (Lipinski definition) is 2. The van der Waals surface area contributed by atoms with Crippen LogP contribution in [-0.4, -0.2) is 21.9 Å². The Hall–Kier alpha value is -0.0800. The minimum Gasteiger partial charge on any atom is -0.393 e. The van der Waals surface area contributed by atoms with Gasteiger partial charge in [0.2, 0.25) is 0 Å². The number of hydrogen-bond donors (Lipinski definition) is 2. The Balaban J connectivity index is 1.83. The molecule has 2 atom stereocenters. The summed E-state index contributed by atoms with van der Waals surface area (Å²) in [7, 11) is 0. The molecule has 0 aromatic rings. The Morgan fingerprint density at radius 1 is 0.714 bits per heavy atom. The molecule has 0 radical (unpaired) electrons. The SMILES string of the molecule is CC1(O)C[C@]23CCCCCCCCCC[C@@]2(CC(O)C3)C1. The van der Waals surface area contributed by atoms with Gasteiger partial charge >= 0.3 is 0 Å². The molecule has 2 nitrogen and oxygen atoms in total. The molecule has 122 valence electrons. The van der Waals surface area contributed by atoms with E-state index in [2.05, 4.69) is 0 Å². The van der Waals surface area contributed by atoms with Gasteiger partial charge in [0.05, 0.1) is 11.7 Å². The van der Waals surface area contributed by atoms with E-state index in [4.69, 9.17) is 0 Å². The van der Waals surface area contributed by atoms with Gasteiger partial charge in [-0.2, -0.15) is 0 Å². The van der Waals surface area contributed by atoms with Crippen LogP contribution in [0.25, 0.3) is 0 Å². The van der Waals surface area contributed by atoms with Crippen molar-refractivity contribution in [1.29, 1.82) is 0 Å². The smallest absolute Gasteiger partial charge is 0.0630 e. The second kappa shape index (κ2) is 5.85. The van der Waals surface area contributed by atoms with Gasteiger partial charge in [0.15, 0.2) is 0 Å². The lowest BCUT2D eigenvalue weighted by molar-refractivity contribution is 0.0368.